The molecule has 2 aromatic rings. The number of nitrogens with two attached hydrogens (primary N) is 1. The Morgan fingerprint density at radius 2 is 2.20 bits per heavy atom. The van der Waals surface area contributed by atoms with Crippen LogP contribution in [-0.2, 0) is 0 Å². The first-order valence-corrected chi connectivity index (χ1v) is 5.68. The van der Waals surface area contributed by atoms with Gasteiger partial charge in [0.25, 0.3) is 0 Å². The van der Waals surface area contributed by atoms with Gasteiger partial charge in [-0.3, -0.25) is 0 Å². The molecule has 0 amide bonds. The van der Waals surface area contributed by atoms with Crippen LogP contribution in [0.1, 0.15) is 29.3 Å². The molecule has 2 N–H and O–H groups in total. The van der Waals surface area contributed by atoms with Crippen molar-refractivity contribution in [3.8, 4) is 10.6 Å². The summed E-state index contributed by atoms with van der Waals surface area (Å²) in [6, 6.07) is 1.96. The van der Waals surface area contributed by atoms with Crippen molar-refractivity contribution in [1.29, 1.82) is 0 Å². The summed E-state index contributed by atoms with van der Waals surface area (Å²) in [7, 11) is 0. The highest BCUT2D eigenvalue weighted by Crippen LogP contribution is 2.31. The van der Waals surface area contributed by atoms with Crippen LogP contribution < -0.4 is 5.73 Å². The van der Waals surface area contributed by atoms with E-state index in [0.717, 1.165) is 10.6 Å². The maximum Gasteiger partial charge on any atom is 0.211 e. The second-order valence-electron chi connectivity index (χ2n) is 3.70. The van der Waals surface area contributed by atoms with E-state index in [1.807, 2.05) is 6.92 Å². The Morgan fingerprint density at radius 1 is 1.47 bits per heavy atom. The summed E-state index contributed by atoms with van der Waals surface area (Å²) >= 11 is 1.72. The lowest BCUT2D eigenvalue weighted by Crippen LogP contribution is -2.04. The van der Waals surface area contributed by atoms with E-state index in [2.05, 4.69) is 24.9 Å². The normalized spacial score (nSPS) is 13.1. The highest BCUT2D eigenvalue weighted by Gasteiger charge is 2.11. The molecule has 0 spiro atoms. The average molecular weight is 222 g/mol. The lowest BCUT2D eigenvalue weighted by molar-refractivity contribution is 0.474. The summed E-state index contributed by atoms with van der Waals surface area (Å²) in [6.45, 7) is 6.06. The summed E-state index contributed by atoms with van der Waals surface area (Å²) in [5, 5.41) is 0. The van der Waals surface area contributed by atoms with Crippen molar-refractivity contribution in [3.63, 3.8) is 0 Å². The number of rotatable bonds is 2. The summed E-state index contributed by atoms with van der Waals surface area (Å²) in [6.07, 6.45) is 1.74. The summed E-state index contributed by atoms with van der Waals surface area (Å²) in [5.74, 6) is 1.40. The molecule has 0 aliphatic rings. The van der Waals surface area contributed by atoms with E-state index >= 15 is 0 Å². The van der Waals surface area contributed by atoms with Crippen molar-refractivity contribution in [2.24, 2.45) is 5.73 Å². The summed E-state index contributed by atoms with van der Waals surface area (Å²) in [4.78, 5) is 6.57. The lowest BCUT2D eigenvalue weighted by atomic mass is 10.3. The second kappa shape index (κ2) is 3.79. The third-order valence-electron chi connectivity index (χ3n) is 2.32. The molecule has 2 rings (SSSR count). The molecule has 2 heterocycles. The fourth-order valence-corrected chi connectivity index (χ4v) is 2.29. The van der Waals surface area contributed by atoms with Crippen LogP contribution in [0, 0.1) is 13.8 Å². The van der Waals surface area contributed by atoms with E-state index in [-0.39, 0.29) is 6.04 Å². The Bertz CT molecular complexity index is 451. The van der Waals surface area contributed by atoms with Gasteiger partial charge in [-0.1, -0.05) is 0 Å². The first-order chi connectivity index (χ1) is 7.08. The van der Waals surface area contributed by atoms with Crippen LogP contribution in [0.3, 0.4) is 0 Å². The molecule has 1 unspecified atom stereocenters. The Balaban J connectivity index is 2.37. The largest absolute Gasteiger partial charge is 0.438 e. The third kappa shape index (κ3) is 1.96. The molecular weight excluding hydrogens is 208 g/mol. The molecule has 3 nitrogen and oxygen atoms in total. The van der Waals surface area contributed by atoms with Crippen LogP contribution >= 0.6 is 11.3 Å². The number of nitrogens with zero attached hydrogens (tertiary/aromatic N) is 1. The van der Waals surface area contributed by atoms with Crippen molar-refractivity contribution in [3.05, 3.63) is 28.6 Å². The number of aryl methyl sites for hydroxylation is 2. The van der Waals surface area contributed by atoms with Crippen molar-refractivity contribution in [1.82, 2.24) is 4.98 Å². The molecule has 0 saturated heterocycles. The van der Waals surface area contributed by atoms with Gasteiger partial charge in [0.1, 0.15) is 0 Å². The fourth-order valence-electron chi connectivity index (χ4n) is 1.31. The maximum atomic E-state index is 5.69. The zero-order valence-electron chi connectivity index (χ0n) is 9.07. The Labute approximate surface area is 92.9 Å². The Kier molecular flexibility index (Phi) is 2.63. The minimum atomic E-state index is -0.152. The van der Waals surface area contributed by atoms with E-state index in [1.165, 1.54) is 10.4 Å². The molecule has 0 saturated carbocycles. The minimum absolute atomic E-state index is 0.152. The van der Waals surface area contributed by atoms with Crippen LogP contribution in [0.2, 0.25) is 0 Å². The molecular formula is C11H14N2OS. The molecule has 2 aromatic heterocycles. The molecule has 0 radical (unpaired) electrons. The number of aromatic nitrogens is 1. The van der Waals surface area contributed by atoms with Crippen LogP contribution in [0.4, 0.5) is 0 Å². The van der Waals surface area contributed by atoms with E-state index in [0.29, 0.717) is 5.89 Å². The molecule has 80 valence electrons. The van der Waals surface area contributed by atoms with Crippen LogP contribution in [-0.4, -0.2) is 4.98 Å². The predicted octanol–water partition coefficient (Wildman–Crippen LogP) is 3.04. The van der Waals surface area contributed by atoms with E-state index < -0.39 is 0 Å². The van der Waals surface area contributed by atoms with Gasteiger partial charge in [0.2, 0.25) is 5.89 Å². The first-order valence-electron chi connectivity index (χ1n) is 4.86. The highest BCUT2D eigenvalue weighted by molar-refractivity contribution is 7.15. The quantitative estimate of drug-likeness (QED) is 0.849. The average Bonchev–Trinajstić information content (AvgIpc) is 2.74. The van der Waals surface area contributed by atoms with Crippen LogP contribution in [0.15, 0.2) is 16.7 Å². The highest BCUT2D eigenvalue weighted by atomic mass is 32.1. The molecule has 4 heteroatoms. The third-order valence-corrected chi connectivity index (χ3v) is 3.49. The van der Waals surface area contributed by atoms with Gasteiger partial charge in [-0.05, 0) is 32.4 Å². The van der Waals surface area contributed by atoms with Crippen molar-refractivity contribution in [2.75, 3.05) is 0 Å². The van der Waals surface area contributed by atoms with E-state index in [1.54, 1.807) is 17.5 Å². The first kappa shape index (κ1) is 10.4. The number of oxazole rings is 1. The predicted molar refractivity (Wildman–Crippen MR) is 61.9 cm³/mol. The van der Waals surface area contributed by atoms with Gasteiger partial charge in [0.15, 0.2) is 5.76 Å². The van der Waals surface area contributed by atoms with Gasteiger partial charge in [-0.2, -0.15) is 0 Å². The van der Waals surface area contributed by atoms with E-state index in [9.17, 15) is 0 Å². The smallest absolute Gasteiger partial charge is 0.211 e. The number of hydrogen-bond acceptors (Lipinski definition) is 4. The summed E-state index contributed by atoms with van der Waals surface area (Å²) < 4.78 is 5.57. The molecule has 0 aliphatic carbocycles. The van der Waals surface area contributed by atoms with Crippen molar-refractivity contribution < 1.29 is 4.42 Å². The zero-order valence-corrected chi connectivity index (χ0v) is 9.89. The molecule has 0 aromatic carbocycles. The molecule has 1 atom stereocenters. The van der Waals surface area contributed by atoms with Gasteiger partial charge < -0.3 is 10.2 Å². The second-order valence-corrected chi connectivity index (χ2v) is 4.96. The Morgan fingerprint density at radius 3 is 2.67 bits per heavy atom. The zero-order chi connectivity index (χ0) is 11.0. The standard InChI is InChI=1S/C11H14N2OS/c1-6-4-10(15-8(6)3)9-5-13-11(14-9)7(2)12/h4-5,7H,12H2,1-3H3. The lowest BCUT2D eigenvalue weighted by Gasteiger charge is -1.95. The molecule has 0 aliphatic heterocycles. The van der Waals surface area contributed by atoms with Crippen LogP contribution in [0.25, 0.3) is 10.6 Å². The van der Waals surface area contributed by atoms with Crippen molar-refractivity contribution >= 4 is 11.3 Å². The minimum Gasteiger partial charge on any atom is -0.438 e. The molecule has 15 heavy (non-hydrogen) atoms. The van der Waals surface area contributed by atoms with Gasteiger partial charge in [-0.25, -0.2) is 4.98 Å². The number of hydrogen-bond donors (Lipinski definition) is 1. The van der Waals surface area contributed by atoms with Crippen molar-refractivity contribution in [2.45, 2.75) is 26.8 Å². The van der Waals surface area contributed by atoms with Gasteiger partial charge in [-0.15, -0.1) is 11.3 Å². The number of thiophene rings is 1. The topological polar surface area (TPSA) is 52.0 Å². The van der Waals surface area contributed by atoms with E-state index in [4.69, 9.17) is 10.2 Å². The summed E-state index contributed by atoms with van der Waals surface area (Å²) in [5.41, 5.74) is 6.97. The van der Waals surface area contributed by atoms with Gasteiger partial charge >= 0.3 is 0 Å². The monoisotopic (exact) mass is 222 g/mol. The van der Waals surface area contributed by atoms with Gasteiger partial charge in [0.05, 0.1) is 17.1 Å². The Hall–Kier alpha value is -1.13. The molecule has 0 fully saturated rings. The fraction of sp³-hybridized carbons (Fsp3) is 0.364. The molecule has 0 bridgehead atoms. The van der Waals surface area contributed by atoms with Crippen LogP contribution in [0.5, 0.6) is 0 Å². The van der Waals surface area contributed by atoms with Gasteiger partial charge in [0, 0.05) is 4.88 Å². The SMILES string of the molecule is Cc1cc(-c2cnc(C(C)N)o2)sc1C. The maximum absolute atomic E-state index is 5.69.